The van der Waals surface area contributed by atoms with Crippen molar-refractivity contribution in [3.05, 3.63) is 0 Å². The van der Waals surface area contributed by atoms with Gasteiger partial charge in [-0.2, -0.15) is 0 Å². The van der Waals surface area contributed by atoms with Crippen LogP contribution in [0.15, 0.2) is 0 Å². The molecule has 5 nitrogen and oxygen atoms in total. The van der Waals surface area contributed by atoms with Gasteiger partial charge in [0.25, 0.3) is 0 Å². The first-order valence-corrected chi connectivity index (χ1v) is 8.48. The molecule has 3 N–H and O–H groups in total. The maximum absolute atomic E-state index is 12.0. The summed E-state index contributed by atoms with van der Waals surface area (Å²) in [5, 5.41) is 3.09. The molecule has 1 aliphatic carbocycles. The Hall–Kier alpha value is -0.650. The third-order valence-corrected chi connectivity index (χ3v) is 4.62. The molecule has 2 aliphatic rings. The van der Waals surface area contributed by atoms with Gasteiger partial charge < -0.3 is 20.5 Å². The molecule has 0 spiro atoms. The molecular weight excluding hydrogens is 268 g/mol. The minimum atomic E-state index is 0.0587. The van der Waals surface area contributed by atoms with E-state index in [1.165, 1.54) is 32.1 Å². The molecule has 2 rings (SSSR count). The fraction of sp³-hybridized carbons (Fsp3) is 0.938. The summed E-state index contributed by atoms with van der Waals surface area (Å²) < 4.78 is 11.0. The molecule has 2 fully saturated rings. The topological polar surface area (TPSA) is 73.6 Å². The summed E-state index contributed by atoms with van der Waals surface area (Å²) in [6.07, 6.45) is 9.07. The molecule has 1 saturated heterocycles. The van der Waals surface area contributed by atoms with E-state index in [0.717, 1.165) is 19.4 Å². The van der Waals surface area contributed by atoms with Crippen LogP contribution in [0, 0.1) is 5.92 Å². The number of carbonyl (C=O) groups is 1. The number of carbonyl (C=O) groups excluding carboxylic acids is 1. The lowest BCUT2D eigenvalue weighted by Gasteiger charge is -2.30. The highest BCUT2D eigenvalue weighted by molar-refractivity contribution is 5.76. The maximum Gasteiger partial charge on any atom is 0.222 e. The molecule has 0 radical (unpaired) electrons. The van der Waals surface area contributed by atoms with Crippen LogP contribution < -0.4 is 11.1 Å². The van der Waals surface area contributed by atoms with Gasteiger partial charge in [0.05, 0.1) is 19.3 Å². The van der Waals surface area contributed by atoms with Crippen molar-refractivity contribution in [3.63, 3.8) is 0 Å². The number of ether oxygens (including phenoxy) is 2. The fourth-order valence-electron chi connectivity index (χ4n) is 3.34. The lowest BCUT2D eigenvalue weighted by Crippen LogP contribution is -2.46. The molecule has 1 heterocycles. The summed E-state index contributed by atoms with van der Waals surface area (Å²) >= 11 is 0. The number of rotatable bonds is 8. The molecule has 21 heavy (non-hydrogen) atoms. The van der Waals surface area contributed by atoms with E-state index in [1.54, 1.807) is 0 Å². The van der Waals surface area contributed by atoms with E-state index in [2.05, 4.69) is 5.32 Å². The zero-order valence-electron chi connectivity index (χ0n) is 13.0. The van der Waals surface area contributed by atoms with E-state index >= 15 is 0 Å². The Labute approximate surface area is 127 Å². The Morgan fingerprint density at radius 2 is 2.05 bits per heavy atom. The van der Waals surface area contributed by atoms with Crippen molar-refractivity contribution in [3.8, 4) is 0 Å². The van der Waals surface area contributed by atoms with E-state index in [1.807, 2.05) is 0 Å². The molecule has 1 amide bonds. The first kappa shape index (κ1) is 16.7. The molecule has 0 aromatic carbocycles. The van der Waals surface area contributed by atoms with Crippen molar-refractivity contribution in [2.24, 2.45) is 11.7 Å². The Morgan fingerprint density at radius 1 is 1.24 bits per heavy atom. The average molecular weight is 298 g/mol. The van der Waals surface area contributed by atoms with E-state index in [-0.39, 0.29) is 18.1 Å². The Kier molecular flexibility index (Phi) is 7.47. The highest BCUT2D eigenvalue weighted by Gasteiger charge is 2.23. The van der Waals surface area contributed by atoms with Crippen molar-refractivity contribution in [1.82, 2.24) is 5.32 Å². The smallest absolute Gasteiger partial charge is 0.222 e. The quantitative estimate of drug-likeness (QED) is 0.668. The summed E-state index contributed by atoms with van der Waals surface area (Å²) in [5.41, 5.74) is 5.83. The molecule has 0 bridgehead atoms. The summed E-state index contributed by atoms with van der Waals surface area (Å²) in [7, 11) is 0. The van der Waals surface area contributed by atoms with Crippen molar-refractivity contribution in [2.75, 3.05) is 26.4 Å². The molecule has 122 valence electrons. The second-order valence-electron chi connectivity index (χ2n) is 6.27. The highest BCUT2D eigenvalue weighted by Crippen LogP contribution is 2.26. The highest BCUT2D eigenvalue weighted by atomic mass is 16.5. The first-order chi connectivity index (χ1) is 10.3. The van der Waals surface area contributed by atoms with Crippen molar-refractivity contribution in [2.45, 2.75) is 63.5 Å². The van der Waals surface area contributed by atoms with Gasteiger partial charge in [-0.05, 0) is 31.6 Å². The van der Waals surface area contributed by atoms with Crippen molar-refractivity contribution < 1.29 is 14.3 Å². The minimum Gasteiger partial charge on any atom is -0.378 e. The molecule has 1 aliphatic heterocycles. The summed E-state index contributed by atoms with van der Waals surface area (Å²) in [4.78, 5) is 12.0. The van der Waals surface area contributed by atoms with Crippen LogP contribution >= 0.6 is 0 Å². The standard InChI is InChI=1S/C16H30N2O3/c17-11-15(13-5-2-1-3-6-13)18-16(19)8-10-20-12-14-7-4-9-21-14/h13-15H,1-12,17H2,(H,18,19). The van der Waals surface area contributed by atoms with Gasteiger partial charge in [0.15, 0.2) is 0 Å². The van der Waals surface area contributed by atoms with Gasteiger partial charge >= 0.3 is 0 Å². The number of hydrogen-bond acceptors (Lipinski definition) is 4. The number of hydrogen-bond donors (Lipinski definition) is 2. The predicted octanol–water partition coefficient (Wildman–Crippen LogP) is 1.60. The number of nitrogens with two attached hydrogens (primary N) is 1. The number of nitrogens with one attached hydrogen (secondary N) is 1. The van der Waals surface area contributed by atoms with Crippen molar-refractivity contribution >= 4 is 5.91 Å². The van der Waals surface area contributed by atoms with E-state index in [9.17, 15) is 4.79 Å². The monoisotopic (exact) mass is 298 g/mol. The predicted molar refractivity (Wildman–Crippen MR) is 82.0 cm³/mol. The Morgan fingerprint density at radius 3 is 2.71 bits per heavy atom. The average Bonchev–Trinajstić information content (AvgIpc) is 3.03. The Balaban J connectivity index is 1.58. The lowest BCUT2D eigenvalue weighted by molar-refractivity contribution is -0.123. The second-order valence-corrected chi connectivity index (χ2v) is 6.27. The van der Waals surface area contributed by atoms with Gasteiger partial charge in [-0.1, -0.05) is 19.3 Å². The lowest BCUT2D eigenvalue weighted by atomic mass is 9.84. The van der Waals surface area contributed by atoms with Crippen LogP contribution in [0.4, 0.5) is 0 Å². The SMILES string of the molecule is NCC(NC(=O)CCOCC1CCCO1)C1CCCCC1. The zero-order chi connectivity index (χ0) is 14.9. The second kappa shape index (κ2) is 9.38. The van der Waals surface area contributed by atoms with Gasteiger partial charge in [0.1, 0.15) is 0 Å². The molecule has 0 aromatic rings. The third-order valence-electron chi connectivity index (χ3n) is 4.62. The van der Waals surface area contributed by atoms with Gasteiger partial charge in [0.2, 0.25) is 5.91 Å². The summed E-state index contributed by atoms with van der Waals surface area (Å²) in [6.45, 7) is 2.45. The van der Waals surface area contributed by atoms with Crippen LogP contribution in [0.3, 0.4) is 0 Å². The largest absolute Gasteiger partial charge is 0.378 e. The van der Waals surface area contributed by atoms with E-state index in [4.69, 9.17) is 15.2 Å². The van der Waals surface area contributed by atoms with Gasteiger partial charge in [-0.25, -0.2) is 0 Å². The molecule has 2 atom stereocenters. The molecule has 0 aromatic heterocycles. The van der Waals surface area contributed by atoms with E-state index < -0.39 is 0 Å². The summed E-state index contributed by atoms with van der Waals surface area (Å²) in [6, 6.07) is 0.135. The van der Waals surface area contributed by atoms with Crippen molar-refractivity contribution in [1.29, 1.82) is 0 Å². The van der Waals surface area contributed by atoms with Gasteiger partial charge in [0, 0.05) is 25.6 Å². The van der Waals surface area contributed by atoms with Crippen LogP contribution in [0.1, 0.15) is 51.4 Å². The van der Waals surface area contributed by atoms with Gasteiger partial charge in [-0.3, -0.25) is 4.79 Å². The van der Waals surface area contributed by atoms with Crippen LogP contribution in [-0.4, -0.2) is 44.4 Å². The number of amides is 1. The molecule has 1 saturated carbocycles. The molecule has 2 unspecified atom stereocenters. The molecule has 5 heteroatoms. The van der Waals surface area contributed by atoms with Crippen LogP contribution in [0.5, 0.6) is 0 Å². The van der Waals surface area contributed by atoms with Crippen LogP contribution in [0.2, 0.25) is 0 Å². The van der Waals surface area contributed by atoms with Crippen LogP contribution in [-0.2, 0) is 14.3 Å². The normalized spacial score (nSPS) is 24.9. The fourth-order valence-corrected chi connectivity index (χ4v) is 3.34. The van der Waals surface area contributed by atoms with Gasteiger partial charge in [-0.15, -0.1) is 0 Å². The maximum atomic E-state index is 12.0. The van der Waals surface area contributed by atoms with E-state index in [0.29, 0.717) is 32.1 Å². The Bertz CT molecular complexity index is 300. The molecular formula is C16H30N2O3. The van der Waals surface area contributed by atoms with Crippen LogP contribution in [0.25, 0.3) is 0 Å². The minimum absolute atomic E-state index is 0.0587. The first-order valence-electron chi connectivity index (χ1n) is 8.48. The summed E-state index contributed by atoms with van der Waals surface area (Å²) in [5.74, 6) is 0.615. The third kappa shape index (κ3) is 5.93. The zero-order valence-corrected chi connectivity index (χ0v) is 13.0.